The van der Waals surface area contributed by atoms with Crippen molar-refractivity contribution in [3.63, 3.8) is 0 Å². The highest BCUT2D eigenvalue weighted by Crippen LogP contribution is 2.32. The Balaban J connectivity index is 1.35. The Bertz CT molecular complexity index is 826. The summed E-state index contributed by atoms with van der Waals surface area (Å²) in [5.74, 6) is 1.45. The second-order valence-electron chi connectivity index (χ2n) is 6.81. The average molecular weight is 351 g/mol. The molecule has 1 fully saturated rings. The molecule has 3 heterocycles. The minimum Gasteiger partial charge on any atom is -0.370 e. The predicted molar refractivity (Wildman–Crippen MR) is 99.9 cm³/mol. The van der Waals surface area contributed by atoms with Gasteiger partial charge in [0, 0.05) is 51.3 Å². The van der Waals surface area contributed by atoms with Crippen molar-refractivity contribution < 1.29 is 4.74 Å². The minimum absolute atomic E-state index is 0.0677. The first-order valence-electron chi connectivity index (χ1n) is 9.21. The molecule has 2 atom stereocenters. The molecule has 1 N–H and O–H groups in total. The van der Waals surface area contributed by atoms with E-state index in [0.717, 1.165) is 49.7 Å². The summed E-state index contributed by atoms with van der Waals surface area (Å²) in [6.07, 6.45) is 8.16. The molecular formula is C20H25N5O. The molecule has 1 aliphatic rings. The number of aromatic nitrogens is 4. The lowest BCUT2D eigenvalue weighted by molar-refractivity contribution is -0.0344. The quantitative estimate of drug-likeness (QED) is 0.742. The Morgan fingerprint density at radius 3 is 2.88 bits per heavy atom. The van der Waals surface area contributed by atoms with Crippen LogP contribution in [0.2, 0.25) is 0 Å². The van der Waals surface area contributed by atoms with Gasteiger partial charge in [0.15, 0.2) is 0 Å². The molecule has 0 aliphatic carbocycles. The molecule has 1 saturated heterocycles. The zero-order valence-corrected chi connectivity index (χ0v) is 15.1. The minimum atomic E-state index is 0.0677. The molecule has 0 radical (unpaired) electrons. The second-order valence-corrected chi connectivity index (χ2v) is 6.81. The number of hydrogen-bond acceptors (Lipinski definition) is 4. The number of hydrogen-bond donors (Lipinski definition) is 1. The van der Waals surface area contributed by atoms with E-state index in [1.807, 2.05) is 48.5 Å². The van der Waals surface area contributed by atoms with Crippen molar-refractivity contribution in [1.82, 2.24) is 24.6 Å². The van der Waals surface area contributed by atoms with Gasteiger partial charge in [-0.2, -0.15) is 5.10 Å². The van der Waals surface area contributed by atoms with E-state index in [4.69, 9.17) is 4.74 Å². The first-order valence-corrected chi connectivity index (χ1v) is 9.21. The highest BCUT2D eigenvalue weighted by atomic mass is 16.5. The smallest absolute Gasteiger partial charge is 0.137 e. The van der Waals surface area contributed by atoms with Crippen LogP contribution < -0.4 is 5.32 Å². The molecule has 4 rings (SSSR count). The van der Waals surface area contributed by atoms with Crippen molar-refractivity contribution in [3.8, 4) is 5.69 Å². The number of ether oxygens (including phenoxy) is 1. The maximum atomic E-state index is 6.04. The fraction of sp³-hybridized carbons (Fsp3) is 0.400. The molecule has 26 heavy (non-hydrogen) atoms. The largest absolute Gasteiger partial charge is 0.370 e. The Labute approximate surface area is 153 Å². The van der Waals surface area contributed by atoms with E-state index in [1.54, 1.807) is 0 Å². The average Bonchev–Trinajstić information content (AvgIpc) is 3.32. The van der Waals surface area contributed by atoms with Crippen LogP contribution >= 0.6 is 0 Å². The Kier molecular flexibility index (Phi) is 5.13. The fourth-order valence-electron chi connectivity index (χ4n) is 3.56. The molecule has 0 amide bonds. The maximum absolute atomic E-state index is 6.04. The van der Waals surface area contributed by atoms with Crippen molar-refractivity contribution in [3.05, 3.63) is 66.5 Å². The normalized spacial score (nSPS) is 20.3. The van der Waals surface area contributed by atoms with Crippen molar-refractivity contribution in [2.75, 3.05) is 13.2 Å². The standard InChI is InChI=1S/C20H25N5O/c1-24-12-10-22-20(24)19-16(6-5-13-26-19)14-21-15-17-9-11-25(23-17)18-7-3-2-4-8-18/h2-4,7-12,16,19,21H,5-6,13-15H2,1H3/t16-,19+/m0/s1. The number of nitrogens with one attached hydrogen (secondary N) is 1. The van der Waals surface area contributed by atoms with E-state index in [9.17, 15) is 0 Å². The number of imidazole rings is 1. The van der Waals surface area contributed by atoms with Gasteiger partial charge in [0.25, 0.3) is 0 Å². The van der Waals surface area contributed by atoms with Gasteiger partial charge in [0.2, 0.25) is 0 Å². The number of aryl methyl sites for hydroxylation is 1. The van der Waals surface area contributed by atoms with Gasteiger partial charge in [-0.1, -0.05) is 18.2 Å². The summed E-state index contributed by atoms with van der Waals surface area (Å²) in [6.45, 7) is 2.47. The summed E-state index contributed by atoms with van der Waals surface area (Å²) in [4.78, 5) is 4.49. The van der Waals surface area contributed by atoms with E-state index in [-0.39, 0.29) is 6.10 Å². The molecule has 0 bridgehead atoms. The topological polar surface area (TPSA) is 56.9 Å². The molecule has 136 valence electrons. The van der Waals surface area contributed by atoms with Crippen LogP contribution in [0, 0.1) is 5.92 Å². The SMILES string of the molecule is Cn1ccnc1[C@@H]1OCCC[C@H]1CNCc1ccn(-c2ccccc2)n1. The lowest BCUT2D eigenvalue weighted by Gasteiger charge is -2.31. The van der Waals surface area contributed by atoms with E-state index >= 15 is 0 Å². The molecule has 0 saturated carbocycles. The van der Waals surface area contributed by atoms with Gasteiger partial charge in [0.05, 0.1) is 11.4 Å². The molecule has 2 aromatic heterocycles. The van der Waals surface area contributed by atoms with Gasteiger partial charge in [0.1, 0.15) is 11.9 Å². The molecule has 0 unspecified atom stereocenters. The highest BCUT2D eigenvalue weighted by Gasteiger charge is 2.29. The lowest BCUT2D eigenvalue weighted by Crippen LogP contribution is -2.33. The molecule has 1 aliphatic heterocycles. The Morgan fingerprint density at radius 2 is 2.08 bits per heavy atom. The predicted octanol–water partition coefficient (Wildman–Crippen LogP) is 2.86. The lowest BCUT2D eigenvalue weighted by atomic mass is 9.93. The van der Waals surface area contributed by atoms with Crippen LogP contribution in [0.3, 0.4) is 0 Å². The summed E-state index contributed by atoms with van der Waals surface area (Å²) < 4.78 is 10.0. The van der Waals surface area contributed by atoms with E-state index in [2.05, 4.69) is 38.2 Å². The number of para-hydroxylation sites is 1. The summed E-state index contributed by atoms with van der Waals surface area (Å²) in [7, 11) is 2.03. The third-order valence-electron chi connectivity index (χ3n) is 4.94. The van der Waals surface area contributed by atoms with Gasteiger partial charge in [-0.25, -0.2) is 9.67 Å². The maximum Gasteiger partial charge on any atom is 0.137 e. The fourth-order valence-corrected chi connectivity index (χ4v) is 3.56. The monoisotopic (exact) mass is 351 g/mol. The van der Waals surface area contributed by atoms with Crippen LogP contribution in [0.5, 0.6) is 0 Å². The van der Waals surface area contributed by atoms with Crippen LogP contribution in [0.4, 0.5) is 0 Å². The zero-order valence-electron chi connectivity index (χ0n) is 15.1. The summed E-state index contributed by atoms with van der Waals surface area (Å²) >= 11 is 0. The molecule has 0 spiro atoms. The van der Waals surface area contributed by atoms with Crippen molar-refractivity contribution in [2.24, 2.45) is 13.0 Å². The van der Waals surface area contributed by atoms with Crippen LogP contribution in [0.25, 0.3) is 5.69 Å². The summed E-state index contributed by atoms with van der Waals surface area (Å²) in [6, 6.07) is 12.2. The van der Waals surface area contributed by atoms with Gasteiger partial charge in [-0.05, 0) is 31.0 Å². The Morgan fingerprint density at radius 1 is 1.19 bits per heavy atom. The first-order chi connectivity index (χ1) is 12.8. The third kappa shape index (κ3) is 3.71. The van der Waals surface area contributed by atoms with Gasteiger partial charge >= 0.3 is 0 Å². The molecule has 1 aromatic carbocycles. The summed E-state index contributed by atoms with van der Waals surface area (Å²) in [5, 5.41) is 8.21. The van der Waals surface area contributed by atoms with E-state index in [0.29, 0.717) is 5.92 Å². The van der Waals surface area contributed by atoms with Gasteiger partial charge < -0.3 is 14.6 Å². The second kappa shape index (κ2) is 7.85. The Hall–Kier alpha value is -2.44. The van der Waals surface area contributed by atoms with Crippen molar-refractivity contribution in [1.29, 1.82) is 0 Å². The molecule has 6 heteroatoms. The molecular weight excluding hydrogens is 326 g/mol. The number of benzene rings is 1. The van der Waals surface area contributed by atoms with E-state index < -0.39 is 0 Å². The van der Waals surface area contributed by atoms with Crippen LogP contribution in [0.1, 0.15) is 30.5 Å². The zero-order chi connectivity index (χ0) is 17.8. The van der Waals surface area contributed by atoms with E-state index in [1.165, 1.54) is 0 Å². The third-order valence-corrected chi connectivity index (χ3v) is 4.94. The molecule has 6 nitrogen and oxygen atoms in total. The number of nitrogens with zero attached hydrogens (tertiary/aromatic N) is 4. The van der Waals surface area contributed by atoms with Gasteiger partial charge in [-0.15, -0.1) is 0 Å². The highest BCUT2D eigenvalue weighted by molar-refractivity contribution is 5.30. The first kappa shape index (κ1) is 17.0. The van der Waals surface area contributed by atoms with Crippen molar-refractivity contribution in [2.45, 2.75) is 25.5 Å². The summed E-state index contributed by atoms with van der Waals surface area (Å²) in [5.41, 5.74) is 2.12. The van der Waals surface area contributed by atoms with Crippen LogP contribution in [-0.2, 0) is 18.3 Å². The molecule has 3 aromatic rings. The number of rotatable bonds is 6. The van der Waals surface area contributed by atoms with Crippen LogP contribution in [0.15, 0.2) is 55.0 Å². The van der Waals surface area contributed by atoms with Crippen LogP contribution in [-0.4, -0.2) is 32.5 Å². The van der Waals surface area contributed by atoms with Crippen molar-refractivity contribution >= 4 is 0 Å². The van der Waals surface area contributed by atoms with Gasteiger partial charge in [-0.3, -0.25) is 0 Å².